The summed E-state index contributed by atoms with van der Waals surface area (Å²) in [5.74, 6) is 3.32. The van der Waals surface area contributed by atoms with E-state index >= 15 is 0 Å². The van der Waals surface area contributed by atoms with Gasteiger partial charge in [-0.15, -0.1) is 10.2 Å². The second-order valence-corrected chi connectivity index (χ2v) is 7.91. The van der Waals surface area contributed by atoms with E-state index in [2.05, 4.69) is 30.8 Å². The van der Waals surface area contributed by atoms with Crippen molar-refractivity contribution >= 4 is 35.3 Å². The van der Waals surface area contributed by atoms with Gasteiger partial charge < -0.3 is 20.0 Å². The van der Waals surface area contributed by atoms with Crippen molar-refractivity contribution < 1.29 is 9.21 Å². The molecule has 30 heavy (non-hydrogen) atoms. The Morgan fingerprint density at radius 3 is 2.60 bits per heavy atom. The van der Waals surface area contributed by atoms with E-state index in [1.54, 1.807) is 9.30 Å². The first-order valence-electron chi connectivity index (χ1n) is 10.0. The van der Waals surface area contributed by atoms with Crippen LogP contribution in [0.1, 0.15) is 39.2 Å². The largest absolute Gasteiger partial charge is 0.464 e. The SMILES string of the molecule is CCNc1nc(NCC)n2c(SCC(=O)N(Cc3ccc(C)o3)C(C)C)nnc2n1. The van der Waals surface area contributed by atoms with Crippen LogP contribution in [0.2, 0.25) is 0 Å². The lowest BCUT2D eigenvalue weighted by atomic mass is 10.3. The molecule has 0 saturated carbocycles. The molecule has 10 nitrogen and oxygen atoms in total. The van der Waals surface area contributed by atoms with Gasteiger partial charge in [-0.3, -0.25) is 4.79 Å². The Bertz CT molecular complexity index is 1000. The molecular formula is C19H28N8O2S. The van der Waals surface area contributed by atoms with Crippen LogP contribution in [-0.4, -0.2) is 60.3 Å². The lowest BCUT2D eigenvalue weighted by Crippen LogP contribution is -2.37. The fraction of sp³-hybridized carbons (Fsp3) is 0.526. The number of carbonyl (C=O) groups excluding carboxylic acids is 1. The number of fused-ring (bicyclic) bond motifs is 1. The summed E-state index contributed by atoms with van der Waals surface area (Å²) in [6.07, 6.45) is 0. The molecule has 0 atom stereocenters. The van der Waals surface area contributed by atoms with Crippen LogP contribution in [0.4, 0.5) is 11.9 Å². The maximum Gasteiger partial charge on any atom is 0.261 e. The highest BCUT2D eigenvalue weighted by molar-refractivity contribution is 7.99. The van der Waals surface area contributed by atoms with Crippen molar-refractivity contribution in [2.24, 2.45) is 0 Å². The maximum atomic E-state index is 12.9. The maximum absolute atomic E-state index is 12.9. The van der Waals surface area contributed by atoms with E-state index in [4.69, 9.17) is 4.42 Å². The Hall–Kier alpha value is -2.82. The summed E-state index contributed by atoms with van der Waals surface area (Å²) in [5, 5.41) is 15.2. The Morgan fingerprint density at radius 1 is 1.20 bits per heavy atom. The van der Waals surface area contributed by atoms with E-state index in [1.165, 1.54) is 11.8 Å². The highest BCUT2D eigenvalue weighted by Gasteiger charge is 2.21. The molecule has 11 heteroatoms. The Kier molecular flexibility index (Phi) is 7.14. The van der Waals surface area contributed by atoms with E-state index in [0.717, 1.165) is 11.5 Å². The van der Waals surface area contributed by atoms with Crippen molar-refractivity contribution in [3.8, 4) is 0 Å². The molecule has 2 N–H and O–H groups in total. The van der Waals surface area contributed by atoms with E-state index in [1.807, 2.05) is 46.8 Å². The van der Waals surface area contributed by atoms with Gasteiger partial charge in [0.1, 0.15) is 11.5 Å². The molecule has 0 unspecified atom stereocenters. The van der Waals surface area contributed by atoms with Crippen LogP contribution in [0, 0.1) is 6.92 Å². The summed E-state index contributed by atoms with van der Waals surface area (Å²) in [7, 11) is 0. The Morgan fingerprint density at radius 2 is 1.97 bits per heavy atom. The fourth-order valence-electron chi connectivity index (χ4n) is 2.90. The number of nitrogens with one attached hydrogen (secondary N) is 2. The number of aryl methyl sites for hydroxylation is 1. The molecule has 0 bridgehead atoms. The van der Waals surface area contributed by atoms with Crippen molar-refractivity contribution in [1.29, 1.82) is 0 Å². The van der Waals surface area contributed by atoms with Gasteiger partial charge in [0.2, 0.25) is 17.8 Å². The van der Waals surface area contributed by atoms with Gasteiger partial charge >= 0.3 is 0 Å². The average molecular weight is 433 g/mol. The summed E-state index contributed by atoms with van der Waals surface area (Å²) < 4.78 is 7.37. The molecule has 0 fully saturated rings. The molecule has 0 aromatic carbocycles. The minimum atomic E-state index is -0.00371. The lowest BCUT2D eigenvalue weighted by Gasteiger charge is -2.25. The molecule has 1 amide bonds. The second-order valence-electron chi connectivity index (χ2n) is 6.97. The van der Waals surface area contributed by atoms with Gasteiger partial charge in [0.05, 0.1) is 12.3 Å². The Labute approximate surface area is 179 Å². The minimum Gasteiger partial charge on any atom is -0.464 e. The number of amides is 1. The zero-order chi connectivity index (χ0) is 21.7. The molecule has 0 radical (unpaired) electrons. The van der Waals surface area contributed by atoms with Crippen molar-refractivity contribution in [3.05, 3.63) is 23.7 Å². The van der Waals surface area contributed by atoms with E-state index in [-0.39, 0.29) is 17.7 Å². The molecule has 3 heterocycles. The number of nitrogens with zero attached hydrogens (tertiary/aromatic N) is 6. The van der Waals surface area contributed by atoms with Gasteiger partial charge in [-0.25, -0.2) is 4.40 Å². The topological polar surface area (TPSA) is 113 Å². The Balaban J connectivity index is 1.77. The van der Waals surface area contributed by atoms with Gasteiger partial charge in [0.25, 0.3) is 5.78 Å². The molecule has 0 aliphatic carbocycles. The fourth-order valence-corrected chi connectivity index (χ4v) is 3.72. The predicted molar refractivity (Wildman–Crippen MR) is 117 cm³/mol. The smallest absolute Gasteiger partial charge is 0.261 e. The molecule has 3 aromatic heterocycles. The van der Waals surface area contributed by atoms with Gasteiger partial charge in [-0.2, -0.15) is 9.97 Å². The summed E-state index contributed by atoms with van der Waals surface area (Å²) in [5.41, 5.74) is 0. The number of hydrogen-bond acceptors (Lipinski definition) is 9. The molecule has 3 aromatic rings. The number of thioether (sulfide) groups is 1. The summed E-state index contributed by atoms with van der Waals surface area (Å²) in [6.45, 7) is 11.6. The highest BCUT2D eigenvalue weighted by atomic mass is 32.2. The van der Waals surface area contributed by atoms with E-state index < -0.39 is 0 Å². The number of carbonyl (C=O) groups is 1. The number of aromatic nitrogens is 5. The zero-order valence-electron chi connectivity index (χ0n) is 18.0. The van der Waals surface area contributed by atoms with Gasteiger partial charge in [0.15, 0.2) is 5.16 Å². The summed E-state index contributed by atoms with van der Waals surface area (Å²) in [4.78, 5) is 23.6. The van der Waals surface area contributed by atoms with Crippen LogP contribution < -0.4 is 10.6 Å². The lowest BCUT2D eigenvalue weighted by molar-refractivity contribution is -0.130. The molecule has 3 rings (SSSR count). The van der Waals surface area contributed by atoms with Gasteiger partial charge in [0, 0.05) is 19.1 Å². The standard InChI is InChI=1S/C19H28N8O2S/c1-6-20-16-22-17(21-7-2)27-18(23-16)24-25-19(27)30-11-15(28)26(12(3)4)10-14-9-8-13(5)29-14/h8-9,12H,6-7,10-11H2,1-5H3,(H2,20,21,22,23,24). The second kappa shape index (κ2) is 9.79. The van der Waals surface area contributed by atoms with E-state index in [0.29, 0.717) is 42.5 Å². The summed E-state index contributed by atoms with van der Waals surface area (Å²) >= 11 is 1.31. The van der Waals surface area contributed by atoms with Gasteiger partial charge in [-0.1, -0.05) is 11.8 Å². The molecule has 0 spiro atoms. The molecule has 162 valence electrons. The predicted octanol–water partition coefficient (Wildman–Crippen LogP) is 2.81. The molecule has 0 aliphatic rings. The van der Waals surface area contributed by atoms with Crippen molar-refractivity contribution in [2.75, 3.05) is 29.5 Å². The third-order valence-electron chi connectivity index (χ3n) is 4.31. The van der Waals surface area contributed by atoms with Crippen LogP contribution in [0.3, 0.4) is 0 Å². The number of hydrogen-bond donors (Lipinski definition) is 2. The average Bonchev–Trinajstić information content (AvgIpc) is 3.30. The van der Waals surface area contributed by atoms with Crippen molar-refractivity contribution in [1.82, 2.24) is 29.5 Å². The first kappa shape index (κ1) is 21.9. The van der Waals surface area contributed by atoms with Gasteiger partial charge in [-0.05, 0) is 46.8 Å². The normalized spacial score (nSPS) is 11.3. The summed E-state index contributed by atoms with van der Waals surface area (Å²) in [6, 6.07) is 3.85. The third kappa shape index (κ3) is 5.02. The molecule has 0 saturated heterocycles. The number of furan rings is 1. The van der Waals surface area contributed by atoms with Crippen LogP contribution in [-0.2, 0) is 11.3 Å². The quantitative estimate of drug-likeness (QED) is 0.467. The van der Waals surface area contributed by atoms with Crippen LogP contribution in [0.25, 0.3) is 5.78 Å². The number of rotatable bonds is 10. The highest BCUT2D eigenvalue weighted by Crippen LogP contribution is 2.22. The van der Waals surface area contributed by atoms with Crippen molar-refractivity contribution in [2.45, 2.75) is 52.4 Å². The van der Waals surface area contributed by atoms with Crippen LogP contribution in [0.15, 0.2) is 21.7 Å². The van der Waals surface area contributed by atoms with Crippen molar-refractivity contribution in [3.63, 3.8) is 0 Å². The first-order chi connectivity index (χ1) is 14.4. The first-order valence-corrected chi connectivity index (χ1v) is 11.0. The number of anilines is 2. The van der Waals surface area contributed by atoms with Crippen LogP contribution in [0.5, 0.6) is 0 Å². The van der Waals surface area contributed by atoms with Crippen LogP contribution >= 0.6 is 11.8 Å². The molecule has 0 aliphatic heterocycles. The minimum absolute atomic E-state index is 0.00371. The third-order valence-corrected chi connectivity index (χ3v) is 5.22. The van der Waals surface area contributed by atoms with E-state index in [9.17, 15) is 4.79 Å². The molecular weight excluding hydrogens is 404 g/mol. The zero-order valence-corrected chi connectivity index (χ0v) is 18.8. The monoisotopic (exact) mass is 432 g/mol.